The largest absolute Gasteiger partial charge is 0.302 e. The maximum absolute atomic E-state index is 2.84. The highest BCUT2D eigenvalue weighted by Crippen LogP contribution is 2.41. The fourth-order valence-corrected chi connectivity index (χ4v) is 5.58. The van der Waals surface area contributed by atoms with Crippen LogP contribution in [0.15, 0.2) is 0 Å². The molecule has 2 aliphatic carbocycles. The van der Waals surface area contributed by atoms with Crippen LogP contribution in [0.5, 0.6) is 0 Å². The third-order valence-electron chi connectivity index (χ3n) is 6.99. The smallest absolute Gasteiger partial charge is 0.00508 e. The monoisotopic (exact) mass is 290 g/mol. The van der Waals surface area contributed by atoms with Gasteiger partial charge in [0.15, 0.2) is 0 Å². The number of hydrogen-bond donors (Lipinski definition) is 0. The molecule has 2 heteroatoms. The Hall–Kier alpha value is -0.0800. The van der Waals surface area contributed by atoms with Crippen molar-refractivity contribution in [2.75, 3.05) is 39.3 Å². The molecule has 4 fully saturated rings. The van der Waals surface area contributed by atoms with Gasteiger partial charge in [-0.2, -0.15) is 0 Å². The van der Waals surface area contributed by atoms with Crippen LogP contribution in [0.4, 0.5) is 0 Å². The zero-order valence-electron chi connectivity index (χ0n) is 13.9. The van der Waals surface area contributed by atoms with Crippen molar-refractivity contribution >= 4 is 0 Å². The average Bonchev–Trinajstić information content (AvgIpc) is 3.06. The van der Waals surface area contributed by atoms with Gasteiger partial charge in [-0.3, -0.25) is 0 Å². The Morgan fingerprint density at radius 3 is 1.90 bits per heavy atom. The molecule has 2 aliphatic heterocycles. The highest BCUT2D eigenvalue weighted by Gasteiger charge is 2.42. The summed E-state index contributed by atoms with van der Waals surface area (Å²) in [6.07, 6.45) is 15.0. The second-order valence-corrected chi connectivity index (χ2v) is 8.77. The molecule has 0 aromatic rings. The lowest BCUT2D eigenvalue weighted by atomic mass is 9.78. The van der Waals surface area contributed by atoms with Gasteiger partial charge in [-0.1, -0.05) is 19.3 Å². The predicted molar refractivity (Wildman–Crippen MR) is 88.5 cm³/mol. The van der Waals surface area contributed by atoms with E-state index >= 15 is 0 Å². The van der Waals surface area contributed by atoms with E-state index in [4.69, 9.17) is 0 Å². The third kappa shape index (κ3) is 3.32. The summed E-state index contributed by atoms with van der Waals surface area (Å²) in [4.78, 5) is 5.68. The van der Waals surface area contributed by atoms with Crippen LogP contribution in [0.1, 0.15) is 64.2 Å². The molecule has 0 amide bonds. The zero-order chi connectivity index (χ0) is 14.1. The molecule has 120 valence electrons. The lowest BCUT2D eigenvalue weighted by Crippen LogP contribution is -2.47. The second-order valence-electron chi connectivity index (χ2n) is 8.77. The maximum Gasteiger partial charge on any atom is 0.00508 e. The highest BCUT2D eigenvalue weighted by atomic mass is 15.2. The minimum atomic E-state index is 0.681. The van der Waals surface area contributed by atoms with Gasteiger partial charge in [0, 0.05) is 26.2 Å². The number of piperidine rings is 1. The Balaban J connectivity index is 1.29. The van der Waals surface area contributed by atoms with Gasteiger partial charge in [0.1, 0.15) is 0 Å². The van der Waals surface area contributed by atoms with E-state index in [1.807, 2.05) is 0 Å². The summed E-state index contributed by atoms with van der Waals surface area (Å²) in [5, 5.41) is 0. The summed E-state index contributed by atoms with van der Waals surface area (Å²) in [7, 11) is 0. The van der Waals surface area contributed by atoms with Crippen molar-refractivity contribution in [1.82, 2.24) is 9.80 Å². The fraction of sp³-hybridized carbons (Fsp3) is 1.00. The zero-order valence-corrected chi connectivity index (χ0v) is 13.9. The van der Waals surface area contributed by atoms with Crippen molar-refractivity contribution in [3.05, 3.63) is 0 Å². The fourth-order valence-electron chi connectivity index (χ4n) is 5.58. The summed E-state index contributed by atoms with van der Waals surface area (Å²) in [6.45, 7) is 8.47. The third-order valence-corrected chi connectivity index (χ3v) is 6.99. The van der Waals surface area contributed by atoms with Crippen LogP contribution in [-0.2, 0) is 0 Å². The maximum atomic E-state index is 2.84. The molecule has 0 radical (unpaired) electrons. The van der Waals surface area contributed by atoms with Crippen LogP contribution in [-0.4, -0.2) is 49.1 Å². The van der Waals surface area contributed by atoms with Crippen molar-refractivity contribution < 1.29 is 0 Å². The Bertz CT molecular complexity index is 345. The first kappa shape index (κ1) is 14.5. The normalized spacial score (nSPS) is 36.6. The number of likely N-dealkylation sites (tertiary alicyclic amines) is 2. The molecule has 4 rings (SSSR count). The standard InChI is InChI=1S/C19H34N2/c1-2-6-17(5-1)14-21-12-10-19(16-21)9-4-11-20(15-19)13-18-7-3-8-18/h17-18H,1-16H2. The van der Waals surface area contributed by atoms with Crippen LogP contribution in [0, 0.1) is 17.3 Å². The predicted octanol–water partition coefficient (Wildman–Crippen LogP) is 3.76. The SMILES string of the molecule is C1CC(CN2CCCC3(CCN(CC4CCCC4)C3)C2)C1. The molecular weight excluding hydrogens is 256 g/mol. The average molecular weight is 290 g/mol. The first-order valence-electron chi connectivity index (χ1n) is 9.76. The van der Waals surface area contributed by atoms with Gasteiger partial charge in [0.2, 0.25) is 0 Å². The molecule has 2 nitrogen and oxygen atoms in total. The summed E-state index contributed by atoms with van der Waals surface area (Å²) in [6, 6.07) is 0. The van der Waals surface area contributed by atoms with Gasteiger partial charge in [-0.25, -0.2) is 0 Å². The molecule has 21 heavy (non-hydrogen) atoms. The van der Waals surface area contributed by atoms with Crippen molar-refractivity contribution in [1.29, 1.82) is 0 Å². The Morgan fingerprint density at radius 1 is 0.667 bits per heavy atom. The number of rotatable bonds is 4. The summed E-state index contributed by atoms with van der Waals surface area (Å²) < 4.78 is 0. The number of nitrogens with zero attached hydrogens (tertiary/aromatic N) is 2. The van der Waals surface area contributed by atoms with E-state index in [-0.39, 0.29) is 0 Å². The minimum absolute atomic E-state index is 0.681. The Morgan fingerprint density at radius 2 is 1.29 bits per heavy atom. The van der Waals surface area contributed by atoms with Crippen molar-refractivity contribution in [3.63, 3.8) is 0 Å². The minimum Gasteiger partial charge on any atom is -0.302 e. The van der Waals surface area contributed by atoms with Gasteiger partial charge in [-0.15, -0.1) is 0 Å². The van der Waals surface area contributed by atoms with E-state index in [2.05, 4.69) is 9.80 Å². The summed E-state index contributed by atoms with van der Waals surface area (Å²) in [5.41, 5.74) is 0.681. The molecule has 0 aromatic heterocycles. The van der Waals surface area contributed by atoms with Crippen molar-refractivity contribution in [3.8, 4) is 0 Å². The van der Waals surface area contributed by atoms with Gasteiger partial charge < -0.3 is 9.80 Å². The Labute approximate surface area is 131 Å². The van der Waals surface area contributed by atoms with Gasteiger partial charge in [-0.05, 0) is 75.3 Å². The molecule has 0 bridgehead atoms. The van der Waals surface area contributed by atoms with Crippen molar-refractivity contribution in [2.45, 2.75) is 64.2 Å². The molecule has 1 atom stereocenters. The first-order chi connectivity index (χ1) is 10.3. The molecule has 0 aromatic carbocycles. The molecular formula is C19H34N2. The van der Waals surface area contributed by atoms with Crippen LogP contribution in [0.25, 0.3) is 0 Å². The van der Waals surface area contributed by atoms with E-state index in [1.54, 1.807) is 0 Å². The number of hydrogen-bond acceptors (Lipinski definition) is 2. The molecule has 1 unspecified atom stereocenters. The van der Waals surface area contributed by atoms with Crippen molar-refractivity contribution in [2.24, 2.45) is 17.3 Å². The Kier molecular flexibility index (Phi) is 4.28. The van der Waals surface area contributed by atoms with Gasteiger partial charge >= 0.3 is 0 Å². The molecule has 2 saturated carbocycles. The van der Waals surface area contributed by atoms with E-state index in [9.17, 15) is 0 Å². The van der Waals surface area contributed by atoms with Crippen LogP contribution >= 0.6 is 0 Å². The molecule has 0 N–H and O–H groups in total. The van der Waals surface area contributed by atoms with E-state index in [0.29, 0.717) is 5.41 Å². The second kappa shape index (κ2) is 6.20. The molecule has 2 heterocycles. The van der Waals surface area contributed by atoms with Crippen LogP contribution in [0.3, 0.4) is 0 Å². The van der Waals surface area contributed by atoms with E-state index in [1.165, 1.54) is 103 Å². The quantitative estimate of drug-likeness (QED) is 0.778. The van der Waals surface area contributed by atoms with Gasteiger partial charge in [0.25, 0.3) is 0 Å². The topological polar surface area (TPSA) is 6.48 Å². The highest BCUT2D eigenvalue weighted by molar-refractivity contribution is 4.96. The molecule has 1 spiro atoms. The van der Waals surface area contributed by atoms with E-state index in [0.717, 1.165) is 11.8 Å². The lowest BCUT2D eigenvalue weighted by Gasteiger charge is -2.43. The summed E-state index contributed by atoms with van der Waals surface area (Å²) >= 11 is 0. The van der Waals surface area contributed by atoms with Gasteiger partial charge in [0.05, 0.1) is 0 Å². The lowest BCUT2D eigenvalue weighted by molar-refractivity contribution is 0.0662. The first-order valence-corrected chi connectivity index (χ1v) is 9.76. The molecule has 2 saturated heterocycles. The van der Waals surface area contributed by atoms with E-state index < -0.39 is 0 Å². The molecule has 4 aliphatic rings. The summed E-state index contributed by atoms with van der Waals surface area (Å²) in [5.74, 6) is 2.09. The van der Waals surface area contributed by atoms with Crippen LogP contribution in [0.2, 0.25) is 0 Å². The van der Waals surface area contributed by atoms with Crippen LogP contribution < -0.4 is 0 Å².